The molecule has 3 saturated heterocycles. The van der Waals surface area contributed by atoms with Gasteiger partial charge in [-0.15, -0.1) is 6.58 Å². The smallest absolute Gasteiger partial charge is 0.312 e. The van der Waals surface area contributed by atoms with E-state index in [0.717, 1.165) is 5.56 Å². The Morgan fingerprint density at radius 3 is 2.71 bits per heavy atom. The summed E-state index contributed by atoms with van der Waals surface area (Å²) in [4.78, 5) is 44.8. The highest BCUT2D eigenvalue weighted by molar-refractivity contribution is 9.09. The number of para-hydroxylation sites is 1. The first-order valence-electron chi connectivity index (χ1n) is 13.1. The van der Waals surface area contributed by atoms with E-state index in [1.54, 1.807) is 19.1 Å². The summed E-state index contributed by atoms with van der Waals surface area (Å²) < 4.78 is 11.9. The Hall–Kier alpha value is -1.94. The third-order valence-corrected chi connectivity index (χ3v) is 9.05. The van der Waals surface area contributed by atoms with E-state index in [0.29, 0.717) is 23.6 Å². The number of alkyl halides is 1. The Morgan fingerprint density at radius 2 is 2.13 bits per heavy atom. The van der Waals surface area contributed by atoms with Crippen LogP contribution in [0.5, 0.6) is 0 Å². The molecule has 0 aromatic heterocycles. The summed E-state index contributed by atoms with van der Waals surface area (Å²) in [6.07, 6.45) is 1.84. The molecule has 8 nitrogen and oxygen atoms in total. The van der Waals surface area contributed by atoms with Crippen LogP contribution in [-0.4, -0.2) is 76.2 Å². The van der Waals surface area contributed by atoms with Gasteiger partial charge in [0.25, 0.3) is 5.91 Å². The Bertz CT molecular complexity index is 1090. The SMILES string of the molecule is C=CCN(C(=O)C1N([C@@H](CO)CC(C)C)C(=O)[C@@H]2[C@@H](C(=O)OCC)[C@@H]3OC12CC3Br)c1c(C)cccc1Cl. The van der Waals surface area contributed by atoms with E-state index in [-0.39, 0.29) is 42.3 Å². The molecule has 4 rings (SSSR count). The fraction of sp³-hybridized carbons (Fsp3) is 0.607. The zero-order chi connectivity index (χ0) is 27.9. The van der Waals surface area contributed by atoms with Crippen LogP contribution < -0.4 is 4.90 Å². The van der Waals surface area contributed by atoms with Crippen molar-refractivity contribution in [3.63, 3.8) is 0 Å². The molecular weight excluding hydrogens is 576 g/mol. The van der Waals surface area contributed by atoms with Crippen molar-refractivity contribution in [3.05, 3.63) is 41.4 Å². The van der Waals surface area contributed by atoms with Crippen molar-refractivity contribution in [1.29, 1.82) is 0 Å². The summed E-state index contributed by atoms with van der Waals surface area (Å²) in [5, 5.41) is 10.8. The van der Waals surface area contributed by atoms with E-state index in [9.17, 15) is 19.5 Å². The van der Waals surface area contributed by atoms with Gasteiger partial charge in [0.05, 0.1) is 47.9 Å². The molecule has 1 aromatic carbocycles. The largest absolute Gasteiger partial charge is 0.466 e. The summed E-state index contributed by atoms with van der Waals surface area (Å²) in [7, 11) is 0. The highest BCUT2D eigenvalue weighted by Crippen LogP contribution is 2.61. The quantitative estimate of drug-likeness (QED) is 0.245. The number of hydrogen-bond donors (Lipinski definition) is 1. The van der Waals surface area contributed by atoms with E-state index in [1.165, 1.54) is 9.80 Å². The number of anilines is 1. The van der Waals surface area contributed by atoms with Crippen LogP contribution in [-0.2, 0) is 23.9 Å². The number of esters is 1. The molecule has 3 unspecified atom stereocenters. The van der Waals surface area contributed by atoms with E-state index in [4.69, 9.17) is 21.1 Å². The predicted octanol–water partition coefficient (Wildman–Crippen LogP) is 3.89. The number of hydrogen-bond acceptors (Lipinski definition) is 6. The van der Waals surface area contributed by atoms with Crippen molar-refractivity contribution < 1.29 is 29.0 Å². The van der Waals surface area contributed by atoms with Crippen LogP contribution in [0.25, 0.3) is 0 Å². The lowest BCUT2D eigenvalue weighted by Gasteiger charge is -2.40. The number of carbonyl (C=O) groups excluding carboxylic acids is 3. The molecule has 3 aliphatic heterocycles. The fourth-order valence-corrected chi connectivity index (χ4v) is 7.87. The molecule has 0 aliphatic carbocycles. The zero-order valence-corrected chi connectivity index (χ0v) is 24.6. The first-order chi connectivity index (χ1) is 18.0. The molecule has 3 heterocycles. The topological polar surface area (TPSA) is 96.4 Å². The van der Waals surface area contributed by atoms with Gasteiger partial charge in [0.1, 0.15) is 11.6 Å². The van der Waals surface area contributed by atoms with Crippen LogP contribution in [0.2, 0.25) is 5.02 Å². The van der Waals surface area contributed by atoms with Crippen molar-refractivity contribution in [3.8, 4) is 0 Å². The Labute approximate surface area is 237 Å². The summed E-state index contributed by atoms with van der Waals surface area (Å²) in [5.41, 5.74) is 0.0576. The summed E-state index contributed by atoms with van der Waals surface area (Å²) >= 11 is 10.3. The number of halogens is 2. The number of aliphatic hydroxyl groups excluding tert-OH is 1. The Morgan fingerprint density at radius 1 is 1.42 bits per heavy atom. The molecule has 3 fully saturated rings. The average Bonchev–Trinajstić information content (AvgIpc) is 3.45. The van der Waals surface area contributed by atoms with Crippen molar-refractivity contribution in [1.82, 2.24) is 4.90 Å². The minimum atomic E-state index is -1.26. The number of amides is 2. The zero-order valence-electron chi connectivity index (χ0n) is 22.2. The molecular formula is C28H36BrClN2O6. The monoisotopic (exact) mass is 610 g/mol. The third-order valence-electron chi connectivity index (χ3n) is 7.90. The maximum Gasteiger partial charge on any atom is 0.312 e. The minimum absolute atomic E-state index is 0.144. The van der Waals surface area contributed by atoms with Crippen LogP contribution in [0.15, 0.2) is 30.9 Å². The molecule has 0 radical (unpaired) electrons. The predicted molar refractivity (Wildman–Crippen MR) is 148 cm³/mol. The van der Waals surface area contributed by atoms with Gasteiger partial charge in [-0.2, -0.15) is 0 Å². The van der Waals surface area contributed by atoms with Gasteiger partial charge in [-0.3, -0.25) is 14.4 Å². The molecule has 1 spiro atoms. The van der Waals surface area contributed by atoms with E-state index in [2.05, 4.69) is 22.5 Å². The van der Waals surface area contributed by atoms with Gasteiger partial charge in [-0.25, -0.2) is 0 Å². The van der Waals surface area contributed by atoms with Crippen LogP contribution in [0.1, 0.15) is 39.2 Å². The van der Waals surface area contributed by atoms with E-state index < -0.39 is 41.6 Å². The van der Waals surface area contributed by atoms with E-state index in [1.807, 2.05) is 32.9 Å². The number of aryl methyl sites for hydroxylation is 1. The molecule has 0 saturated carbocycles. The third kappa shape index (κ3) is 4.59. The maximum absolute atomic E-state index is 14.7. The molecule has 7 atom stereocenters. The lowest BCUT2D eigenvalue weighted by molar-refractivity contribution is -0.155. The number of fused-ring (bicyclic) bond motifs is 1. The molecule has 10 heteroatoms. The maximum atomic E-state index is 14.7. The van der Waals surface area contributed by atoms with Gasteiger partial charge in [0, 0.05) is 11.4 Å². The van der Waals surface area contributed by atoms with Crippen molar-refractivity contribution >= 4 is 51.0 Å². The second-order valence-electron chi connectivity index (χ2n) is 10.8. The Balaban J connectivity index is 1.88. The van der Waals surface area contributed by atoms with Crippen molar-refractivity contribution in [2.45, 2.75) is 69.2 Å². The first-order valence-corrected chi connectivity index (χ1v) is 14.4. The molecule has 1 N–H and O–H groups in total. The lowest BCUT2D eigenvalue weighted by Crippen LogP contribution is -2.59. The molecule has 3 aliphatic rings. The second kappa shape index (κ2) is 11.3. The van der Waals surface area contributed by atoms with Gasteiger partial charge in [-0.1, -0.05) is 59.6 Å². The molecule has 2 bridgehead atoms. The van der Waals surface area contributed by atoms with Gasteiger partial charge >= 0.3 is 5.97 Å². The number of aliphatic hydroxyl groups is 1. The number of nitrogens with zero attached hydrogens (tertiary/aromatic N) is 2. The van der Waals surface area contributed by atoms with Crippen LogP contribution >= 0.6 is 27.5 Å². The molecule has 2 amide bonds. The first kappa shape index (κ1) is 29.1. The van der Waals surface area contributed by atoms with Gasteiger partial charge < -0.3 is 24.4 Å². The van der Waals surface area contributed by atoms with E-state index >= 15 is 0 Å². The minimum Gasteiger partial charge on any atom is -0.466 e. The number of ether oxygens (including phenoxy) is 2. The number of benzene rings is 1. The number of rotatable bonds is 10. The van der Waals surface area contributed by atoms with Crippen LogP contribution in [0.4, 0.5) is 5.69 Å². The van der Waals surface area contributed by atoms with Crippen LogP contribution in [0, 0.1) is 24.7 Å². The molecule has 208 valence electrons. The molecule has 1 aromatic rings. The van der Waals surface area contributed by atoms with Crippen LogP contribution in [0.3, 0.4) is 0 Å². The highest BCUT2D eigenvalue weighted by Gasteiger charge is 2.77. The van der Waals surface area contributed by atoms with Gasteiger partial charge in [0.2, 0.25) is 5.91 Å². The Kier molecular flexibility index (Phi) is 8.62. The number of likely N-dealkylation sites (tertiary alicyclic amines) is 1. The molecule has 38 heavy (non-hydrogen) atoms. The fourth-order valence-electron chi connectivity index (χ4n) is 6.60. The van der Waals surface area contributed by atoms with Gasteiger partial charge in [0.15, 0.2) is 0 Å². The summed E-state index contributed by atoms with van der Waals surface area (Å²) in [6.45, 7) is 11.4. The average molecular weight is 612 g/mol. The van der Waals surface area contributed by atoms with Crippen molar-refractivity contribution in [2.75, 3.05) is 24.7 Å². The normalized spacial score (nSPS) is 30.5. The number of carbonyl (C=O) groups is 3. The standard InChI is InChI=1S/C28H36BrClN2O6/c1-6-11-31(22-16(5)9-8-10-19(22)30)26(35)24-28-13-18(29)23(38-28)20(27(36)37-7-2)21(28)25(34)32(24)17(14-33)12-15(3)4/h6,8-10,15,17-18,20-21,23-24,33H,1,7,11-14H2,2-5H3/t17-,18?,20-,21+,23-,24?,28?/m1/s1. The summed E-state index contributed by atoms with van der Waals surface area (Å²) in [5.74, 6) is -2.86. The van der Waals surface area contributed by atoms with Gasteiger partial charge in [-0.05, 0) is 44.2 Å². The second-order valence-corrected chi connectivity index (χ2v) is 12.4. The lowest BCUT2D eigenvalue weighted by atomic mass is 9.70. The van der Waals surface area contributed by atoms with Crippen molar-refractivity contribution in [2.24, 2.45) is 17.8 Å². The summed E-state index contributed by atoms with van der Waals surface area (Å²) in [6, 6.07) is 3.68. The highest BCUT2D eigenvalue weighted by atomic mass is 79.9.